The lowest BCUT2D eigenvalue weighted by Crippen LogP contribution is -2.32. The number of nitrogens with zero attached hydrogens (tertiary/aromatic N) is 3. The van der Waals surface area contributed by atoms with Crippen LogP contribution in [-0.2, 0) is 9.59 Å². The van der Waals surface area contributed by atoms with Crippen LogP contribution in [0.4, 0.5) is 0 Å². The van der Waals surface area contributed by atoms with Gasteiger partial charge in [0.2, 0.25) is 0 Å². The number of hydrogen-bond donors (Lipinski definition) is 2. The largest absolute Gasteiger partial charge is 0.325 e. The van der Waals surface area contributed by atoms with Gasteiger partial charge in [0.1, 0.15) is 0 Å². The molecule has 0 aromatic heterocycles. The monoisotopic (exact) mass is 270 g/mol. The maximum atomic E-state index is 10.2. The number of aliphatic imine (C=N–C) groups is 2. The van der Waals surface area contributed by atoms with Crippen LogP contribution >= 0.6 is 0 Å². The molecule has 7 heteroatoms. The van der Waals surface area contributed by atoms with Crippen LogP contribution in [0.5, 0.6) is 0 Å². The Bertz CT molecular complexity index is 352. The topological polar surface area (TPSA) is 108 Å². The Labute approximate surface area is 113 Å². The molecule has 0 spiro atoms. The molecule has 108 valence electrons. The molecule has 3 N–H and O–H groups in total. The molecule has 1 aliphatic rings. The van der Waals surface area contributed by atoms with E-state index in [4.69, 9.17) is 10.9 Å². The fraction of sp³-hybridized carbons (Fsp3) is 0.750. The summed E-state index contributed by atoms with van der Waals surface area (Å²) >= 11 is 0. The van der Waals surface area contributed by atoms with Crippen molar-refractivity contribution >= 4 is 17.8 Å². The van der Waals surface area contributed by atoms with Gasteiger partial charge in [0.05, 0.1) is 12.6 Å². The van der Waals surface area contributed by atoms with Gasteiger partial charge in [-0.2, -0.15) is 5.06 Å². The van der Waals surface area contributed by atoms with Crippen LogP contribution in [0, 0.1) is 0 Å². The van der Waals surface area contributed by atoms with Gasteiger partial charge < -0.3 is 5.73 Å². The number of rotatable bonds is 4. The molecule has 0 atom stereocenters. The molecule has 19 heavy (non-hydrogen) atoms. The van der Waals surface area contributed by atoms with Gasteiger partial charge in [0, 0.05) is 24.9 Å². The van der Waals surface area contributed by atoms with Crippen LogP contribution in [0.2, 0.25) is 0 Å². The highest BCUT2D eigenvalue weighted by Gasteiger charge is 2.26. The summed E-state index contributed by atoms with van der Waals surface area (Å²) < 4.78 is 0. The molecule has 0 aromatic rings. The van der Waals surface area contributed by atoms with Gasteiger partial charge in [-0.1, -0.05) is 0 Å². The van der Waals surface area contributed by atoms with Gasteiger partial charge in [-0.15, -0.1) is 0 Å². The van der Waals surface area contributed by atoms with Crippen LogP contribution in [0.25, 0.3) is 0 Å². The minimum Gasteiger partial charge on any atom is -0.325 e. The van der Waals surface area contributed by atoms with E-state index in [-0.39, 0.29) is 23.4 Å². The quantitative estimate of drug-likeness (QED) is 0.448. The number of carbonyl (C=O) groups is 2. The average molecular weight is 270 g/mol. The van der Waals surface area contributed by atoms with Gasteiger partial charge in [-0.05, 0) is 27.2 Å². The second kappa shape index (κ2) is 8.53. The van der Waals surface area contributed by atoms with Crippen molar-refractivity contribution in [1.82, 2.24) is 5.06 Å². The molecule has 1 rings (SSSR count). The SMILES string of the molecule is CCN=C=NCCC(C)(C)N.O=C1CCC(=O)N1O. The van der Waals surface area contributed by atoms with Crippen LogP contribution in [0.15, 0.2) is 9.98 Å². The van der Waals surface area contributed by atoms with Gasteiger partial charge >= 0.3 is 0 Å². The molecule has 1 heterocycles. The summed E-state index contributed by atoms with van der Waals surface area (Å²) in [4.78, 5) is 28.3. The minimum atomic E-state index is -0.505. The van der Waals surface area contributed by atoms with Crippen LogP contribution in [-0.4, -0.2) is 46.7 Å². The first-order valence-electron chi connectivity index (χ1n) is 6.19. The zero-order chi connectivity index (χ0) is 14.9. The first-order valence-corrected chi connectivity index (χ1v) is 6.19. The van der Waals surface area contributed by atoms with Crippen LogP contribution < -0.4 is 5.73 Å². The third-order valence-corrected chi connectivity index (χ3v) is 2.19. The van der Waals surface area contributed by atoms with Crippen molar-refractivity contribution in [3.05, 3.63) is 0 Å². The predicted molar refractivity (Wildman–Crippen MR) is 71.0 cm³/mol. The first-order chi connectivity index (χ1) is 8.78. The van der Waals surface area contributed by atoms with E-state index in [1.807, 2.05) is 20.8 Å². The van der Waals surface area contributed by atoms with Crippen molar-refractivity contribution in [2.75, 3.05) is 13.1 Å². The molecule has 1 aliphatic heterocycles. The van der Waals surface area contributed by atoms with E-state index in [1.54, 1.807) is 0 Å². The molecule has 0 bridgehead atoms. The Morgan fingerprint density at radius 2 is 1.84 bits per heavy atom. The molecule has 1 fully saturated rings. The van der Waals surface area contributed by atoms with Crippen molar-refractivity contribution in [1.29, 1.82) is 0 Å². The van der Waals surface area contributed by atoms with Crippen molar-refractivity contribution in [3.8, 4) is 0 Å². The van der Waals surface area contributed by atoms with Crippen molar-refractivity contribution in [3.63, 3.8) is 0 Å². The maximum absolute atomic E-state index is 10.2. The Kier molecular flexibility index (Phi) is 7.83. The molecule has 2 amide bonds. The average Bonchev–Trinajstić information content (AvgIpc) is 2.60. The highest BCUT2D eigenvalue weighted by molar-refractivity contribution is 6.00. The molecule has 1 saturated heterocycles. The van der Waals surface area contributed by atoms with E-state index in [0.717, 1.165) is 13.0 Å². The van der Waals surface area contributed by atoms with Gasteiger partial charge in [0.15, 0.2) is 0 Å². The summed E-state index contributed by atoms with van der Waals surface area (Å²) in [6.07, 6.45) is 1.17. The van der Waals surface area contributed by atoms with Gasteiger partial charge in [-0.25, -0.2) is 9.98 Å². The fourth-order valence-electron chi connectivity index (χ4n) is 1.08. The van der Waals surface area contributed by atoms with Crippen molar-refractivity contribution < 1.29 is 14.8 Å². The van der Waals surface area contributed by atoms with Gasteiger partial charge in [0.25, 0.3) is 11.8 Å². The molecule has 7 nitrogen and oxygen atoms in total. The standard InChI is InChI=1S/C8H17N3.C4H5NO3/c1-4-10-7-11-6-5-8(2,3)9;6-3-1-2-4(7)5(3)8/h4-6,9H2,1-3H3;8H,1-2H2. The Balaban J connectivity index is 0.000000356. The highest BCUT2D eigenvalue weighted by Crippen LogP contribution is 2.07. The Morgan fingerprint density at radius 1 is 1.32 bits per heavy atom. The second-order valence-corrected chi connectivity index (χ2v) is 4.79. The number of imide groups is 1. The summed E-state index contributed by atoms with van der Waals surface area (Å²) in [5.41, 5.74) is 5.60. The number of amides is 2. The van der Waals surface area contributed by atoms with Crippen molar-refractivity contribution in [2.45, 2.75) is 45.6 Å². The van der Waals surface area contributed by atoms with E-state index >= 15 is 0 Å². The summed E-state index contributed by atoms with van der Waals surface area (Å²) in [6.45, 7) is 7.39. The maximum Gasteiger partial charge on any atom is 0.253 e. The first kappa shape index (κ1) is 17.4. The molecular formula is C12H22N4O3. The number of nitrogens with two attached hydrogens (primary N) is 1. The van der Waals surface area contributed by atoms with E-state index < -0.39 is 11.8 Å². The Morgan fingerprint density at radius 3 is 2.16 bits per heavy atom. The molecule has 0 aromatic carbocycles. The fourth-order valence-corrected chi connectivity index (χ4v) is 1.08. The lowest BCUT2D eigenvalue weighted by Gasteiger charge is -2.15. The second-order valence-electron chi connectivity index (χ2n) is 4.79. The van der Waals surface area contributed by atoms with E-state index in [9.17, 15) is 9.59 Å². The number of hydrogen-bond acceptors (Lipinski definition) is 6. The summed E-state index contributed by atoms with van der Waals surface area (Å²) in [6, 6.07) is 2.60. The molecule has 0 saturated carbocycles. The summed E-state index contributed by atoms with van der Waals surface area (Å²) in [5.74, 6) is -1.01. The third-order valence-electron chi connectivity index (χ3n) is 2.19. The van der Waals surface area contributed by atoms with E-state index in [2.05, 4.69) is 16.0 Å². The lowest BCUT2D eigenvalue weighted by molar-refractivity contribution is -0.171. The van der Waals surface area contributed by atoms with E-state index in [1.165, 1.54) is 0 Å². The smallest absolute Gasteiger partial charge is 0.253 e. The zero-order valence-electron chi connectivity index (χ0n) is 11.7. The van der Waals surface area contributed by atoms with Gasteiger partial charge in [-0.3, -0.25) is 14.8 Å². The number of hydroxylamine groups is 2. The predicted octanol–water partition coefficient (Wildman–Crippen LogP) is 0.832. The summed E-state index contributed by atoms with van der Waals surface area (Å²) in [5, 5.41) is 8.57. The zero-order valence-corrected chi connectivity index (χ0v) is 11.7. The van der Waals surface area contributed by atoms with E-state index in [0.29, 0.717) is 6.54 Å². The minimum absolute atomic E-state index is 0.128. The normalized spacial score (nSPS) is 14.7. The number of carbonyl (C=O) groups excluding carboxylic acids is 2. The van der Waals surface area contributed by atoms with Crippen LogP contribution in [0.3, 0.4) is 0 Å². The Hall–Kier alpha value is -1.56. The van der Waals surface area contributed by atoms with Crippen LogP contribution in [0.1, 0.15) is 40.0 Å². The molecule has 0 unspecified atom stereocenters. The van der Waals surface area contributed by atoms with Crippen molar-refractivity contribution in [2.24, 2.45) is 15.7 Å². The molecule has 0 radical (unpaired) electrons. The highest BCUT2D eigenvalue weighted by atomic mass is 16.5. The summed E-state index contributed by atoms with van der Waals surface area (Å²) in [7, 11) is 0. The molecular weight excluding hydrogens is 248 g/mol. The third kappa shape index (κ3) is 9.07. The molecule has 0 aliphatic carbocycles. The lowest BCUT2D eigenvalue weighted by atomic mass is 10.0.